The zero-order valence-electron chi connectivity index (χ0n) is 16.3. The summed E-state index contributed by atoms with van der Waals surface area (Å²) in [5, 5.41) is 12.9. The zero-order valence-corrected chi connectivity index (χ0v) is 16.3. The predicted octanol–water partition coefficient (Wildman–Crippen LogP) is 3.00. The minimum Gasteiger partial charge on any atom is -0.370 e. The molecule has 1 saturated heterocycles. The lowest BCUT2D eigenvalue weighted by molar-refractivity contribution is -0.124. The van der Waals surface area contributed by atoms with Gasteiger partial charge in [0.05, 0.1) is 12.6 Å². The first-order valence-corrected chi connectivity index (χ1v) is 9.85. The van der Waals surface area contributed by atoms with E-state index in [1.807, 2.05) is 0 Å². The van der Waals surface area contributed by atoms with E-state index in [0.29, 0.717) is 34.3 Å². The van der Waals surface area contributed by atoms with Gasteiger partial charge in [-0.25, -0.2) is 13.8 Å². The molecule has 0 radical (unpaired) electrons. The molecule has 1 aliphatic heterocycles. The maximum Gasteiger partial charge on any atom is 0.254 e. The molecular formula is C21H18F2N6O2. The number of aromatic nitrogens is 3. The van der Waals surface area contributed by atoms with Crippen LogP contribution in [0.1, 0.15) is 24.8 Å². The fourth-order valence-corrected chi connectivity index (χ4v) is 3.43. The molecule has 10 heteroatoms. The van der Waals surface area contributed by atoms with Gasteiger partial charge in [0.15, 0.2) is 5.65 Å². The number of benzene rings is 1. The Bertz CT molecular complexity index is 1230. The van der Waals surface area contributed by atoms with Crippen LogP contribution in [0.2, 0.25) is 0 Å². The number of carbonyl (C=O) groups excluding carboxylic acids is 2. The van der Waals surface area contributed by atoms with Crippen molar-refractivity contribution in [2.24, 2.45) is 5.92 Å². The van der Waals surface area contributed by atoms with Crippen molar-refractivity contribution in [2.45, 2.75) is 19.3 Å². The van der Waals surface area contributed by atoms with Crippen molar-refractivity contribution in [2.75, 3.05) is 17.2 Å². The lowest BCUT2D eigenvalue weighted by Crippen LogP contribution is -2.19. The van der Waals surface area contributed by atoms with E-state index in [4.69, 9.17) is 0 Å². The molecule has 2 fully saturated rings. The zero-order chi connectivity index (χ0) is 21.5. The molecule has 2 aromatic heterocycles. The monoisotopic (exact) mass is 424 g/mol. The molecule has 1 aliphatic carbocycles. The molecule has 2 amide bonds. The van der Waals surface area contributed by atoms with Crippen LogP contribution in [-0.2, 0) is 9.59 Å². The number of hydrogen-bond acceptors (Lipinski definition) is 6. The maximum absolute atomic E-state index is 13.6. The first-order valence-electron chi connectivity index (χ1n) is 9.85. The van der Waals surface area contributed by atoms with Gasteiger partial charge in [-0.05, 0) is 37.0 Å². The first-order chi connectivity index (χ1) is 14.9. The average Bonchev–Trinajstić information content (AvgIpc) is 3.36. The minimum absolute atomic E-state index is 0.0104. The summed E-state index contributed by atoms with van der Waals surface area (Å²) in [6.07, 6.45) is 5.44. The lowest BCUT2D eigenvalue weighted by Gasteiger charge is -2.12. The molecule has 5 rings (SSSR count). The van der Waals surface area contributed by atoms with Gasteiger partial charge >= 0.3 is 0 Å². The number of anilines is 3. The van der Waals surface area contributed by atoms with Crippen LogP contribution in [0.15, 0.2) is 36.0 Å². The molecule has 3 heterocycles. The molecule has 2 aliphatic rings. The molecule has 0 bridgehead atoms. The molecule has 0 unspecified atom stereocenters. The van der Waals surface area contributed by atoms with Crippen molar-refractivity contribution in [3.63, 3.8) is 0 Å². The normalized spacial score (nSPS) is 17.4. The van der Waals surface area contributed by atoms with Gasteiger partial charge in [0, 0.05) is 35.5 Å². The Balaban J connectivity index is 1.55. The largest absolute Gasteiger partial charge is 0.370 e. The number of nitrogens with zero attached hydrogens (tertiary/aromatic N) is 3. The van der Waals surface area contributed by atoms with E-state index in [2.05, 4.69) is 26.0 Å². The summed E-state index contributed by atoms with van der Waals surface area (Å²) >= 11 is 0. The van der Waals surface area contributed by atoms with Crippen molar-refractivity contribution in [3.8, 4) is 0 Å². The molecular weight excluding hydrogens is 406 g/mol. The Labute approximate surface area is 175 Å². The van der Waals surface area contributed by atoms with Crippen molar-refractivity contribution in [1.82, 2.24) is 19.9 Å². The fraction of sp³-hybridized carbons (Fsp3) is 0.238. The standard InChI is InChI=1S/C21H18F2N6O2/c22-14-5-15(23)7-16(6-14)26-17-8-18(24-9-11-1-2-11)29-20(27-17)13(10-25-29)3-12-4-19(30)28-21(12)31/h3,5-8,10-11,24H,1-2,4,9H2,(H,26,27)(H,28,30,31)/b12-3+. The van der Waals surface area contributed by atoms with Crippen molar-refractivity contribution in [3.05, 3.63) is 53.2 Å². The third-order valence-corrected chi connectivity index (χ3v) is 5.13. The Morgan fingerprint density at radius 1 is 1.16 bits per heavy atom. The van der Waals surface area contributed by atoms with Gasteiger partial charge in [-0.1, -0.05) is 0 Å². The Kier molecular flexibility index (Phi) is 4.61. The molecule has 1 aromatic carbocycles. The van der Waals surface area contributed by atoms with Gasteiger partial charge < -0.3 is 10.6 Å². The second-order valence-corrected chi connectivity index (χ2v) is 7.69. The van der Waals surface area contributed by atoms with Gasteiger partial charge in [0.1, 0.15) is 23.3 Å². The van der Waals surface area contributed by atoms with Gasteiger partial charge in [0.2, 0.25) is 5.91 Å². The van der Waals surface area contributed by atoms with Crippen LogP contribution in [-0.4, -0.2) is 33.0 Å². The fourth-order valence-electron chi connectivity index (χ4n) is 3.43. The maximum atomic E-state index is 13.6. The number of imide groups is 1. The second kappa shape index (κ2) is 7.46. The minimum atomic E-state index is -0.706. The number of fused-ring (bicyclic) bond motifs is 1. The summed E-state index contributed by atoms with van der Waals surface area (Å²) < 4.78 is 28.8. The predicted molar refractivity (Wildman–Crippen MR) is 110 cm³/mol. The van der Waals surface area contributed by atoms with Crippen molar-refractivity contribution in [1.29, 1.82) is 0 Å². The topological polar surface area (TPSA) is 100 Å². The van der Waals surface area contributed by atoms with Crippen LogP contribution in [0.3, 0.4) is 0 Å². The van der Waals surface area contributed by atoms with Crippen LogP contribution >= 0.6 is 0 Å². The molecule has 31 heavy (non-hydrogen) atoms. The summed E-state index contributed by atoms with van der Waals surface area (Å²) in [5.74, 6) is -0.619. The summed E-state index contributed by atoms with van der Waals surface area (Å²) in [7, 11) is 0. The second-order valence-electron chi connectivity index (χ2n) is 7.69. The Morgan fingerprint density at radius 3 is 2.61 bits per heavy atom. The lowest BCUT2D eigenvalue weighted by atomic mass is 10.1. The van der Waals surface area contributed by atoms with Crippen molar-refractivity contribution >= 4 is 40.9 Å². The number of carbonyl (C=O) groups is 2. The SMILES string of the molecule is O=C1C/C(=C\c2cnn3c(NCC4CC4)cc(Nc4cc(F)cc(F)c4)nc23)C(=O)N1. The van der Waals surface area contributed by atoms with Crippen LogP contribution in [0.25, 0.3) is 11.7 Å². The Hall–Kier alpha value is -3.82. The summed E-state index contributed by atoms with van der Waals surface area (Å²) in [5.41, 5.74) is 1.51. The van der Waals surface area contributed by atoms with Crippen LogP contribution in [0.5, 0.6) is 0 Å². The summed E-state index contributed by atoms with van der Waals surface area (Å²) in [4.78, 5) is 27.9. The van der Waals surface area contributed by atoms with Gasteiger partial charge in [0.25, 0.3) is 5.91 Å². The van der Waals surface area contributed by atoms with Gasteiger partial charge in [-0.3, -0.25) is 14.9 Å². The van der Waals surface area contributed by atoms with E-state index < -0.39 is 17.5 Å². The van der Waals surface area contributed by atoms with Gasteiger partial charge in [-0.2, -0.15) is 9.61 Å². The number of amides is 2. The number of rotatable bonds is 6. The molecule has 1 saturated carbocycles. The van der Waals surface area contributed by atoms with E-state index in [0.717, 1.165) is 25.5 Å². The molecule has 3 N–H and O–H groups in total. The van der Waals surface area contributed by atoms with Gasteiger partial charge in [-0.15, -0.1) is 0 Å². The van der Waals surface area contributed by atoms with Crippen LogP contribution in [0.4, 0.5) is 26.1 Å². The summed E-state index contributed by atoms with van der Waals surface area (Å²) in [6, 6.07) is 4.83. The van der Waals surface area contributed by atoms with Crippen LogP contribution in [0, 0.1) is 17.6 Å². The average molecular weight is 424 g/mol. The van der Waals surface area contributed by atoms with Crippen LogP contribution < -0.4 is 16.0 Å². The Morgan fingerprint density at radius 2 is 1.94 bits per heavy atom. The third-order valence-electron chi connectivity index (χ3n) is 5.13. The first kappa shape index (κ1) is 19.2. The van der Waals surface area contributed by atoms with E-state index in [-0.39, 0.29) is 18.0 Å². The number of halogens is 2. The highest BCUT2D eigenvalue weighted by molar-refractivity contribution is 6.15. The van der Waals surface area contributed by atoms with Crippen molar-refractivity contribution < 1.29 is 18.4 Å². The molecule has 158 valence electrons. The van der Waals surface area contributed by atoms with E-state index in [9.17, 15) is 18.4 Å². The third kappa shape index (κ3) is 4.09. The highest BCUT2D eigenvalue weighted by Crippen LogP contribution is 2.30. The number of nitrogens with one attached hydrogen (secondary N) is 3. The molecule has 0 spiro atoms. The molecule has 3 aromatic rings. The van der Waals surface area contributed by atoms with E-state index >= 15 is 0 Å². The van der Waals surface area contributed by atoms with E-state index in [1.165, 1.54) is 12.1 Å². The van der Waals surface area contributed by atoms with E-state index in [1.54, 1.807) is 22.9 Å². The highest BCUT2D eigenvalue weighted by atomic mass is 19.1. The molecule has 8 nitrogen and oxygen atoms in total. The molecule has 0 atom stereocenters. The quantitative estimate of drug-likeness (QED) is 0.416. The highest BCUT2D eigenvalue weighted by Gasteiger charge is 2.25. The number of hydrogen-bond donors (Lipinski definition) is 3. The summed E-state index contributed by atoms with van der Waals surface area (Å²) in [6.45, 7) is 0.764. The smallest absolute Gasteiger partial charge is 0.254 e.